The number of ether oxygens (including phenoxy) is 3. The predicted molar refractivity (Wildman–Crippen MR) is 62.0 cm³/mol. The molecule has 0 heterocycles. The van der Waals surface area contributed by atoms with Gasteiger partial charge in [-0.2, -0.15) is 0 Å². The summed E-state index contributed by atoms with van der Waals surface area (Å²) in [6.45, 7) is 12.3. The van der Waals surface area contributed by atoms with Gasteiger partial charge >= 0.3 is 0 Å². The van der Waals surface area contributed by atoms with Crippen LogP contribution in [-0.4, -0.2) is 31.7 Å². The Bertz CT molecular complexity index is 144. The van der Waals surface area contributed by atoms with Crippen molar-refractivity contribution >= 4 is 0 Å². The lowest BCUT2D eigenvalue weighted by Crippen LogP contribution is -2.35. The first-order chi connectivity index (χ1) is 7.11. The Morgan fingerprint density at radius 3 is 1.80 bits per heavy atom. The highest BCUT2D eigenvalue weighted by atomic mass is 16.7. The summed E-state index contributed by atoms with van der Waals surface area (Å²) in [7, 11) is 0. The van der Waals surface area contributed by atoms with E-state index in [4.69, 9.17) is 14.2 Å². The van der Waals surface area contributed by atoms with Crippen molar-refractivity contribution in [3.63, 3.8) is 0 Å². The molecule has 1 atom stereocenters. The van der Waals surface area contributed by atoms with Crippen LogP contribution in [-0.2, 0) is 14.2 Å². The minimum atomic E-state index is -0.142. The van der Waals surface area contributed by atoms with Crippen LogP contribution in [0.25, 0.3) is 0 Å². The predicted octanol–water partition coefficient (Wildman–Crippen LogP) is 2.98. The second kappa shape index (κ2) is 8.08. The summed E-state index contributed by atoms with van der Waals surface area (Å²) in [6.07, 6.45) is 1.62. The molecule has 92 valence electrons. The van der Waals surface area contributed by atoms with Crippen LogP contribution >= 0.6 is 0 Å². The van der Waals surface area contributed by atoms with E-state index in [0.717, 1.165) is 19.4 Å². The van der Waals surface area contributed by atoms with Crippen molar-refractivity contribution < 1.29 is 14.2 Å². The van der Waals surface area contributed by atoms with Crippen LogP contribution in [0, 0.1) is 0 Å². The standard InChI is InChI=1S/C12H26O3/c1-6-12(5,15-9-4)10-11(13-7-2)14-8-3/h11H,6-10H2,1-5H3. The van der Waals surface area contributed by atoms with E-state index >= 15 is 0 Å². The molecule has 0 saturated carbocycles. The maximum Gasteiger partial charge on any atom is 0.160 e. The largest absolute Gasteiger partial charge is 0.375 e. The minimum Gasteiger partial charge on any atom is -0.375 e. The topological polar surface area (TPSA) is 27.7 Å². The summed E-state index contributed by atoms with van der Waals surface area (Å²) in [6, 6.07) is 0. The SMILES string of the molecule is CCOC(CC(C)(CC)OCC)OCC. The van der Waals surface area contributed by atoms with Crippen LogP contribution in [0.3, 0.4) is 0 Å². The van der Waals surface area contributed by atoms with Gasteiger partial charge < -0.3 is 14.2 Å². The summed E-state index contributed by atoms with van der Waals surface area (Å²) in [5.74, 6) is 0. The van der Waals surface area contributed by atoms with Crippen molar-refractivity contribution in [3.8, 4) is 0 Å². The molecule has 0 aliphatic heterocycles. The van der Waals surface area contributed by atoms with Crippen molar-refractivity contribution in [3.05, 3.63) is 0 Å². The first kappa shape index (κ1) is 14.9. The average molecular weight is 218 g/mol. The molecule has 0 saturated heterocycles. The highest BCUT2D eigenvalue weighted by molar-refractivity contribution is 4.75. The Kier molecular flexibility index (Phi) is 8.02. The van der Waals surface area contributed by atoms with Crippen LogP contribution in [0.5, 0.6) is 0 Å². The van der Waals surface area contributed by atoms with E-state index in [9.17, 15) is 0 Å². The fourth-order valence-electron chi connectivity index (χ4n) is 1.54. The quantitative estimate of drug-likeness (QED) is 0.557. The van der Waals surface area contributed by atoms with Crippen LogP contribution in [0.15, 0.2) is 0 Å². The van der Waals surface area contributed by atoms with E-state index in [0.29, 0.717) is 13.2 Å². The van der Waals surface area contributed by atoms with Crippen LogP contribution < -0.4 is 0 Å². The second-order valence-corrected chi connectivity index (χ2v) is 3.78. The van der Waals surface area contributed by atoms with Gasteiger partial charge in [0.05, 0.1) is 5.60 Å². The zero-order valence-corrected chi connectivity index (χ0v) is 10.8. The van der Waals surface area contributed by atoms with Crippen molar-refractivity contribution in [1.29, 1.82) is 0 Å². The summed E-state index contributed by atoms with van der Waals surface area (Å²) in [4.78, 5) is 0. The molecule has 1 unspecified atom stereocenters. The number of rotatable bonds is 9. The third-order valence-corrected chi connectivity index (χ3v) is 2.54. The summed E-state index contributed by atoms with van der Waals surface area (Å²) >= 11 is 0. The van der Waals surface area contributed by atoms with Gasteiger partial charge in [0.2, 0.25) is 0 Å². The minimum absolute atomic E-state index is 0.135. The molecule has 0 aromatic rings. The Morgan fingerprint density at radius 1 is 0.933 bits per heavy atom. The lowest BCUT2D eigenvalue weighted by atomic mass is 9.98. The highest BCUT2D eigenvalue weighted by Crippen LogP contribution is 2.23. The van der Waals surface area contributed by atoms with E-state index in [1.165, 1.54) is 0 Å². The van der Waals surface area contributed by atoms with Gasteiger partial charge in [-0.3, -0.25) is 0 Å². The van der Waals surface area contributed by atoms with Gasteiger partial charge in [0.15, 0.2) is 6.29 Å². The fraction of sp³-hybridized carbons (Fsp3) is 1.00. The summed E-state index contributed by atoms with van der Waals surface area (Å²) in [5.41, 5.74) is -0.135. The molecule has 0 rings (SSSR count). The van der Waals surface area contributed by atoms with Crippen LogP contribution in [0.4, 0.5) is 0 Å². The van der Waals surface area contributed by atoms with Crippen LogP contribution in [0.2, 0.25) is 0 Å². The van der Waals surface area contributed by atoms with E-state index < -0.39 is 0 Å². The molecule has 0 aliphatic carbocycles. The molecule has 0 fully saturated rings. The van der Waals surface area contributed by atoms with E-state index in [2.05, 4.69) is 13.8 Å². The van der Waals surface area contributed by atoms with E-state index in [-0.39, 0.29) is 11.9 Å². The van der Waals surface area contributed by atoms with E-state index in [1.807, 2.05) is 20.8 Å². The average Bonchev–Trinajstić information content (AvgIpc) is 2.19. The third kappa shape index (κ3) is 6.13. The van der Waals surface area contributed by atoms with Gasteiger partial charge in [-0.05, 0) is 34.1 Å². The van der Waals surface area contributed by atoms with E-state index in [1.54, 1.807) is 0 Å². The van der Waals surface area contributed by atoms with Gasteiger partial charge in [0.25, 0.3) is 0 Å². The Hall–Kier alpha value is -0.120. The number of hydrogen-bond donors (Lipinski definition) is 0. The van der Waals surface area contributed by atoms with Gasteiger partial charge in [-0.1, -0.05) is 6.92 Å². The highest BCUT2D eigenvalue weighted by Gasteiger charge is 2.27. The Labute approximate surface area is 94.1 Å². The van der Waals surface area contributed by atoms with Gasteiger partial charge in [-0.25, -0.2) is 0 Å². The monoisotopic (exact) mass is 218 g/mol. The van der Waals surface area contributed by atoms with Crippen molar-refractivity contribution in [2.75, 3.05) is 19.8 Å². The van der Waals surface area contributed by atoms with Crippen molar-refractivity contribution in [2.24, 2.45) is 0 Å². The van der Waals surface area contributed by atoms with Crippen LogP contribution in [0.1, 0.15) is 47.5 Å². The lowest BCUT2D eigenvalue weighted by molar-refractivity contribution is -0.176. The molecule has 0 aromatic heterocycles. The molecule has 3 heteroatoms. The zero-order valence-electron chi connectivity index (χ0n) is 10.8. The molecule has 0 spiro atoms. The smallest absolute Gasteiger partial charge is 0.160 e. The molecule has 0 N–H and O–H groups in total. The summed E-state index contributed by atoms with van der Waals surface area (Å²) < 4.78 is 16.8. The Balaban J connectivity index is 4.19. The van der Waals surface area contributed by atoms with Crippen molar-refractivity contribution in [2.45, 2.75) is 59.4 Å². The second-order valence-electron chi connectivity index (χ2n) is 3.78. The Morgan fingerprint density at radius 2 is 1.47 bits per heavy atom. The first-order valence-electron chi connectivity index (χ1n) is 5.99. The molecule has 0 radical (unpaired) electrons. The third-order valence-electron chi connectivity index (χ3n) is 2.54. The molecule has 0 aliphatic rings. The van der Waals surface area contributed by atoms with Gasteiger partial charge in [-0.15, -0.1) is 0 Å². The molecule has 15 heavy (non-hydrogen) atoms. The zero-order chi connectivity index (χ0) is 11.7. The summed E-state index contributed by atoms with van der Waals surface area (Å²) in [5, 5.41) is 0. The molecule has 0 bridgehead atoms. The maximum atomic E-state index is 5.74. The molecule has 0 amide bonds. The maximum absolute atomic E-state index is 5.74. The molecule has 0 aromatic carbocycles. The lowest BCUT2D eigenvalue weighted by Gasteiger charge is -2.31. The molecular weight excluding hydrogens is 192 g/mol. The number of hydrogen-bond acceptors (Lipinski definition) is 3. The normalized spacial score (nSPS) is 15.6. The van der Waals surface area contributed by atoms with Gasteiger partial charge in [0, 0.05) is 26.2 Å². The molecule has 3 nitrogen and oxygen atoms in total. The van der Waals surface area contributed by atoms with Gasteiger partial charge in [0.1, 0.15) is 0 Å². The first-order valence-corrected chi connectivity index (χ1v) is 5.99. The molecular formula is C12H26O3. The van der Waals surface area contributed by atoms with Crippen molar-refractivity contribution in [1.82, 2.24) is 0 Å². The fourth-order valence-corrected chi connectivity index (χ4v) is 1.54.